The van der Waals surface area contributed by atoms with Crippen LogP contribution < -0.4 is 40.8 Å². The largest absolute Gasteiger partial charge is 0.494 e. The monoisotopic (exact) mass is 690 g/mol. The summed E-state index contributed by atoms with van der Waals surface area (Å²) < 4.78 is 60.6. The summed E-state index contributed by atoms with van der Waals surface area (Å²) >= 11 is 0. The number of nitrogens with zero attached hydrogens (tertiary/aromatic N) is 3. The van der Waals surface area contributed by atoms with E-state index in [2.05, 4.69) is 41.5 Å². The third-order valence-electron chi connectivity index (χ3n) is 6.85. The Morgan fingerprint density at radius 2 is 1.49 bits per heavy atom. The Balaban J connectivity index is 1.42. The van der Waals surface area contributed by atoms with E-state index in [1.165, 1.54) is 0 Å². The van der Waals surface area contributed by atoms with Gasteiger partial charge in [0.2, 0.25) is 11.9 Å². The van der Waals surface area contributed by atoms with E-state index in [1.807, 2.05) is 38.1 Å². The highest BCUT2D eigenvalue weighted by molar-refractivity contribution is 6.39. The third kappa shape index (κ3) is 13.6. The number of nitrogens with one attached hydrogen (secondary N) is 5. The highest BCUT2D eigenvalue weighted by Crippen LogP contribution is 2.20. The van der Waals surface area contributed by atoms with E-state index in [1.54, 1.807) is 31.2 Å². The van der Waals surface area contributed by atoms with Crippen LogP contribution in [-0.4, -0.2) is 78.8 Å². The smallest absolute Gasteiger partial charge is 0.422 e. The van der Waals surface area contributed by atoms with Gasteiger partial charge in [-0.2, -0.15) is 28.1 Å². The molecule has 3 aliphatic rings. The Morgan fingerprint density at radius 3 is 2.14 bits per heavy atom. The number of carbonyl (C=O) groups excluding carboxylic acids is 2. The number of hydrogen-bond donors (Lipinski definition) is 5. The summed E-state index contributed by atoms with van der Waals surface area (Å²) in [6, 6.07) is 13.5. The highest BCUT2D eigenvalue weighted by atomic mass is 19.4. The fourth-order valence-corrected chi connectivity index (χ4v) is 4.26. The molecule has 2 aromatic carbocycles. The Bertz CT molecular complexity index is 1510. The van der Waals surface area contributed by atoms with Crippen LogP contribution in [-0.2, 0) is 20.9 Å². The maximum Gasteiger partial charge on any atom is 0.422 e. The van der Waals surface area contributed by atoms with Gasteiger partial charge in [0.05, 0.1) is 19.9 Å². The second-order valence-corrected chi connectivity index (χ2v) is 11.9. The summed E-state index contributed by atoms with van der Waals surface area (Å²) in [4.78, 5) is 37.0. The Hall–Kier alpha value is -4.90. The molecule has 3 aromatic rings. The van der Waals surface area contributed by atoms with Crippen LogP contribution in [0.25, 0.3) is 0 Å². The molecule has 6 bridgehead atoms. The number of ether oxygens (including phenoxy) is 4. The van der Waals surface area contributed by atoms with E-state index >= 15 is 0 Å². The average Bonchev–Trinajstić information content (AvgIpc) is 3.06. The van der Waals surface area contributed by atoms with Crippen molar-refractivity contribution in [3.05, 3.63) is 54.1 Å². The molecule has 49 heavy (non-hydrogen) atoms. The number of anilines is 3. The van der Waals surface area contributed by atoms with Crippen LogP contribution in [0.3, 0.4) is 0 Å². The van der Waals surface area contributed by atoms with Gasteiger partial charge in [-0.3, -0.25) is 14.9 Å². The number of fused-ring (bicyclic) bond motifs is 2. The minimum atomic E-state index is -4.59. The van der Waals surface area contributed by atoms with Crippen molar-refractivity contribution in [1.82, 2.24) is 25.6 Å². The molecule has 0 aliphatic carbocycles. The molecule has 1 unspecified atom stereocenters. The first-order chi connectivity index (χ1) is 23.3. The van der Waals surface area contributed by atoms with E-state index in [0.29, 0.717) is 36.9 Å². The van der Waals surface area contributed by atoms with E-state index < -0.39 is 42.3 Å². The highest BCUT2D eigenvalue weighted by Gasteiger charge is 2.29. The molecule has 1 atom stereocenters. The van der Waals surface area contributed by atoms with Crippen LogP contribution in [0.5, 0.6) is 17.5 Å². The number of hydrogen-bond acceptors (Lipinski definition) is 12. The molecule has 1 aromatic heterocycles. The van der Waals surface area contributed by atoms with Gasteiger partial charge in [0.15, 0.2) is 6.61 Å². The molecule has 0 fully saturated rings. The SMILES string of the molecule is CC1Nc2nc(nc(OCC(F)(F)F)n2)NCc2ccc(cc2)OCCCCOc2ccc(cc2)NC(=O)C(=O)NCC(C)(C)CNCO1. The third-order valence-corrected chi connectivity index (χ3v) is 6.85. The average molecular weight is 691 g/mol. The molecule has 14 nitrogen and oxygen atoms in total. The van der Waals surface area contributed by atoms with Gasteiger partial charge >= 0.3 is 24.0 Å². The Kier molecular flexibility index (Phi) is 13.2. The predicted molar refractivity (Wildman–Crippen MR) is 174 cm³/mol. The molecular formula is C32H41F3N8O6. The van der Waals surface area contributed by atoms with Gasteiger partial charge in [0.25, 0.3) is 0 Å². The molecule has 0 spiro atoms. The summed E-state index contributed by atoms with van der Waals surface area (Å²) in [7, 11) is 0. The first-order valence-corrected chi connectivity index (χ1v) is 15.7. The van der Waals surface area contributed by atoms with E-state index in [-0.39, 0.29) is 31.7 Å². The molecule has 0 radical (unpaired) electrons. The van der Waals surface area contributed by atoms with Gasteiger partial charge in [-0.25, -0.2) is 0 Å². The minimum Gasteiger partial charge on any atom is -0.494 e. The summed E-state index contributed by atoms with van der Waals surface area (Å²) in [6.07, 6.45) is -3.77. The predicted octanol–water partition coefficient (Wildman–Crippen LogP) is 4.08. The zero-order valence-electron chi connectivity index (χ0n) is 27.5. The summed E-state index contributed by atoms with van der Waals surface area (Å²) in [5, 5.41) is 14.2. The van der Waals surface area contributed by atoms with Crippen molar-refractivity contribution in [3.63, 3.8) is 0 Å². The minimum absolute atomic E-state index is 0.00810. The lowest BCUT2D eigenvalue weighted by atomic mass is 9.93. The number of amides is 2. The van der Waals surface area contributed by atoms with Crippen LogP contribution in [0.1, 0.15) is 39.2 Å². The van der Waals surface area contributed by atoms with Gasteiger partial charge in [-0.15, -0.1) is 0 Å². The van der Waals surface area contributed by atoms with Crippen molar-refractivity contribution in [2.24, 2.45) is 5.41 Å². The normalized spacial score (nSPS) is 18.7. The molecule has 266 valence electrons. The standard InChI is InChI=1S/C32H41F3N8O6/c1-21-39-29-41-28(42-30(43-29)48-19-32(33,34)35)37-16-22-6-10-24(11-7-22)46-14-4-5-15-47-25-12-8-23(9-13-25)40-27(45)26(44)38-18-31(2,3)17-36-20-49-21/h6-13,21,36H,4-5,14-20H2,1-3H3,(H,38,44)(H,40,45)(H2,37,39,41,42,43). The van der Waals surface area contributed by atoms with Gasteiger partial charge < -0.3 is 40.2 Å². The first-order valence-electron chi connectivity index (χ1n) is 15.7. The molecule has 0 saturated carbocycles. The topological polar surface area (TPSA) is 170 Å². The van der Waals surface area contributed by atoms with Gasteiger partial charge in [0, 0.05) is 25.3 Å². The molecule has 4 heterocycles. The number of alkyl halides is 3. The van der Waals surface area contributed by atoms with Crippen molar-refractivity contribution < 1.29 is 41.7 Å². The van der Waals surface area contributed by atoms with Crippen molar-refractivity contribution in [1.29, 1.82) is 0 Å². The van der Waals surface area contributed by atoms with E-state index in [4.69, 9.17) is 18.9 Å². The number of carbonyl (C=O) groups is 2. The second-order valence-electron chi connectivity index (χ2n) is 11.9. The van der Waals surface area contributed by atoms with Crippen molar-refractivity contribution in [2.45, 2.75) is 52.6 Å². The zero-order chi connectivity index (χ0) is 35.3. The molecule has 6 rings (SSSR count). The molecule has 3 aliphatic heterocycles. The fraction of sp³-hybridized carbons (Fsp3) is 0.469. The van der Waals surface area contributed by atoms with Crippen LogP contribution >= 0.6 is 0 Å². The van der Waals surface area contributed by atoms with Gasteiger partial charge in [0.1, 0.15) is 17.7 Å². The van der Waals surface area contributed by atoms with Crippen LogP contribution in [0.2, 0.25) is 0 Å². The lowest BCUT2D eigenvalue weighted by molar-refractivity contribution is -0.154. The van der Waals surface area contributed by atoms with Gasteiger partial charge in [-0.05, 0) is 67.1 Å². The lowest BCUT2D eigenvalue weighted by Gasteiger charge is -2.26. The van der Waals surface area contributed by atoms with E-state index in [9.17, 15) is 22.8 Å². The summed E-state index contributed by atoms with van der Waals surface area (Å²) in [5.41, 5.74) is 0.845. The van der Waals surface area contributed by atoms with Crippen molar-refractivity contribution in [2.75, 3.05) is 55.6 Å². The second kappa shape index (κ2) is 17.5. The maximum atomic E-state index is 12.8. The van der Waals surface area contributed by atoms with E-state index in [0.717, 1.165) is 18.4 Å². The molecule has 17 heteroatoms. The quantitative estimate of drug-likeness (QED) is 0.245. The van der Waals surface area contributed by atoms with Crippen molar-refractivity contribution in [3.8, 4) is 17.5 Å². The first kappa shape index (κ1) is 36.9. The Labute approximate surface area is 281 Å². The Morgan fingerprint density at radius 1 is 0.857 bits per heavy atom. The molecule has 0 saturated heterocycles. The number of benzene rings is 2. The van der Waals surface area contributed by atoms with Gasteiger partial charge in [-0.1, -0.05) is 26.0 Å². The molecule has 2 amide bonds. The summed E-state index contributed by atoms with van der Waals surface area (Å²) in [6.45, 7) is 5.76. The fourth-order valence-electron chi connectivity index (χ4n) is 4.26. The maximum absolute atomic E-state index is 12.8. The number of rotatable bonds is 2. The number of halogens is 3. The van der Waals surface area contributed by atoms with Crippen LogP contribution in [0.4, 0.5) is 30.8 Å². The van der Waals surface area contributed by atoms with Crippen LogP contribution in [0, 0.1) is 5.41 Å². The van der Waals surface area contributed by atoms with Crippen molar-refractivity contribution >= 4 is 29.4 Å². The summed E-state index contributed by atoms with van der Waals surface area (Å²) in [5.74, 6) is -0.345. The molecule has 5 N–H and O–H groups in total. The number of aromatic nitrogens is 3. The van der Waals surface area contributed by atoms with Crippen LogP contribution in [0.15, 0.2) is 48.5 Å². The molecular weight excluding hydrogens is 649 g/mol. The zero-order valence-corrected chi connectivity index (χ0v) is 27.5. The lowest BCUT2D eigenvalue weighted by Crippen LogP contribution is -2.44.